The molecule has 34 heavy (non-hydrogen) atoms. The summed E-state index contributed by atoms with van der Waals surface area (Å²) < 4.78 is 2.19. The van der Waals surface area contributed by atoms with Gasteiger partial charge in [-0.3, -0.25) is 10.2 Å². The highest BCUT2D eigenvalue weighted by Gasteiger charge is 2.35. The highest BCUT2D eigenvalue weighted by Crippen LogP contribution is 2.31. The molecule has 6 nitrogen and oxygen atoms in total. The number of carbonyl (C=O) groups excluding carboxylic acids is 1. The van der Waals surface area contributed by atoms with Crippen LogP contribution in [-0.4, -0.2) is 31.5 Å². The Morgan fingerprint density at radius 3 is 2.56 bits per heavy atom. The quantitative estimate of drug-likeness (QED) is 0.337. The fraction of sp³-hybridized carbons (Fsp3) is 0.407. The van der Waals surface area contributed by atoms with Crippen LogP contribution in [0, 0.1) is 19.3 Å². The maximum Gasteiger partial charge on any atom is 0.283 e. The number of rotatable bonds is 8. The summed E-state index contributed by atoms with van der Waals surface area (Å²) in [5.41, 5.74) is 5.71. The van der Waals surface area contributed by atoms with Gasteiger partial charge in [0.1, 0.15) is 5.04 Å². The van der Waals surface area contributed by atoms with E-state index in [0.717, 1.165) is 59.8 Å². The number of nitrogens with one attached hydrogen (secondary N) is 1. The van der Waals surface area contributed by atoms with Crippen LogP contribution in [-0.2, 0) is 4.79 Å². The first-order valence-electron chi connectivity index (χ1n) is 12.1. The summed E-state index contributed by atoms with van der Waals surface area (Å²) in [7, 11) is 0. The molecule has 4 rings (SSSR count). The van der Waals surface area contributed by atoms with E-state index in [1.807, 2.05) is 6.92 Å². The molecule has 1 amide bonds. The minimum absolute atomic E-state index is 0.0932. The number of hydrogen-bond acceptors (Lipinski definition) is 4. The number of carbonyl (C=O) groups is 1. The third-order valence-corrected chi connectivity index (χ3v) is 7.56. The van der Waals surface area contributed by atoms with Crippen molar-refractivity contribution in [2.75, 3.05) is 0 Å². The van der Waals surface area contributed by atoms with Crippen LogP contribution in [0.15, 0.2) is 46.0 Å². The fourth-order valence-electron chi connectivity index (χ4n) is 4.33. The van der Waals surface area contributed by atoms with Crippen LogP contribution in [0.1, 0.15) is 81.3 Å². The van der Waals surface area contributed by atoms with Crippen molar-refractivity contribution in [1.29, 1.82) is 5.41 Å². The average molecular weight is 476 g/mol. The van der Waals surface area contributed by atoms with E-state index in [1.165, 1.54) is 22.3 Å². The van der Waals surface area contributed by atoms with Gasteiger partial charge in [-0.15, -0.1) is 0 Å². The Morgan fingerprint density at radius 1 is 1.15 bits per heavy atom. The average Bonchev–Trinajstić information content (AvgIpc) is 3.36. The summed E-state index contributed by atoms with van der Waals surface area (Å²) in [6.07, 6.45) is 7.09. The van der Waals surface area contributed by atoms with Crippen LogP contribution >= 0.6 is 11.8 Å². The number of nitrogens with zero attached hydrogens (tertiary/aromatic N) is 4. The molecule has 0 spiro atoms. The monoisotopic (exact) mass is 475 g/mol. The minimum atomic E-state index is -0.378. The number of fused-ring (bicyclic) bond motifs is 1. The van der Waals surface area contributed by atoms with Gasteiger partial charge in [-0.05, 0) is 86.2 Å². The van der Waals surface area contributed by atoms with Crippen LogP contribution in [0.5, 0.6) is 0 Å². The van der Waals surface area contributed by atoms with Crippen LogP contribution in [0.3, 0.4) is 0 Å². The first-order chi connectivity index (χ1) is 16.3. The molecule has 0 saturated heterocycles. The lowest BCUT2D eigenvalue weighted by molar-refractivity contribution is -0.114. The van der Waals surface area contributed by atoms with Gasteiger partial charge in [0.15, 0.2) is 5.84 Å². The number of aromatic nitrogens is 1. The summed E-state index contributed by atoms with van der Waals surface area (Å²) in [6, 6.07) is 10.7. The molecule has 0 saturated carbocycles. The van der Waals surface area contributed by atoms with Crippen molar-refractivity contribution in [3.63, 3.8) is 0 Å². The van der Waals surface area contributed by atoms with Gasteiger partial charge in [0, 0.05) is 17.1 Å². The van der Waals surface area contributed by atoms with Crippen molar-refractivity contribution in [3.8, 4) is 5.69 Å². The van der Waals surface area contributed by atoms with Crippen LogP contribution < -0.4 is 0 Å². The van der Waals surface area contributed by atoms with Gasteiger partial charge in [-0.1, -0.05) is 45.7 Å². The number of amides is 1. The number of benzene rings is 1. The van der Waals surface area contributed by atoms with Crippen LogP contribution in [0.4, 0.5) is 0 Å². The maximum absolute atomic E-state index is 12.8. The third-order valence-electron chi connectivity index (χ3n) is 6.59. The van der Waals surface area contributed by atoms with Gasteiger partial charge in [-0.25, -0.2) is 0 Å². The van der Waals surface area contributed by atoms with Gasteiger partial charge >= 0.3 is 0 Å². The van der Waals surface area contributed by atoms with E-state index in [0.29, 0.717) is 11.1 Å². The number of amidine groups is 2. The summed E-state index contributed by atoms with van der Waals surface area (Å²) in [5, 5.41) is 16.2. The van der Waals surface area contributed by atoms with E-state index in [2.05, 4.69) is 72.7 Å². The predicted molar refractivity (Wildman–Crippen MR) is 143 cm³/mol. The summed E-state index contributed by atoms with van der Waals surface area (Å²) in [4.78, 5) is 17.1. The Hall–Kier alpha value is -2.93. The standard InChI is InChI=1S/C27H33N5OS/c1-6-8-9-10-24-30-32-25(28)23(26(33)29-27(32)34-24)16-21-15-18(4)31(19(21)5)22-13-11-20(12-14-22)17(3)7-2/h11-17,28H,6-10H2,1-5H3/b23-16+,28-25?/t17-/m1/s1. The lowest BCUT2D eigenvalue weighted by atomic mass is 9.98. The van der Waals surface area contributed by atoms with Crippen LogP contribution in [0.2, 0.25) is 0 Å². The molecule has 1 atom stereocenters. The molecule has 2 aromatic rings. The van der Waals surface area contributed by atoms with Gasteiger partial charge < -0.3 is 4.57 Å². The Kier molecular flexibility index (Phi) is 7.22. The molecule has 0 unspecified atom stereocenters. The molecule has 2 aliphatic rings. The van der Waals surface area contributed by atoms with Crippen molar-refractivity contribution in [1.82, 2.24) is 9.58 Å². The third kappa shape index (κ3) is 4.67. The van der Waals surface area contributed by atoms with Crippen molar-refractivity contribution in [2.24, 2.45) is 10.1 Å². The van der Waals surface area contributed by atoms with Crippen molar-refractivity contribution in [2.45, 2.75) is 72.6 Å². The van der Waals surface area contributed by atoms with E-state index in [4.69, 9.17) is 5.41 Å². The second kappa shape index (κ2) is 10.1. The molecule has 0 bridgehead atoms. The second-order valence-corrected chi connectivity index (χ2v) is 10.1. The topological polar surface area (TPSA) is 73.8 Å². The van der Waals surface area contributed by atoms with Crippen molar-refractivity contribution < 1.29 is 4.79 Å². The molecular formula is C27H33N5OS. The Morgan fingerprint density at radius 2 is 1.88 bits per heavy atom. The van der Waals surface area contributed by atoms with Crippen molar-refractivity contribution in [3.05, 3.63) is 58.4 Å². The molecule has 7 heteroatoms. The van der Waals surface area contributed by atoms with Gasteiger partial charge in [0.2, 0.25) is 5.17 Å². The lowest BCUT2D eigenvalue weighted by Gasteiger charge is -2.20. The number of aliphatic imine (C=N–C) groups is 1. The van der Waals surface area contributed by atoms with E-state index in [-0.39, 0.29) is 17.3 Å². The summed E-state index contributed by atoms with van der Waals surface area (Å²) in [6.45, 7) is 10.7. The molecular weight excluding hydrogens is 442 g/mol. The maximum atomic E-state index is 12.8. The largest absolute Gasteiger partial charge is 0.318 e. The number of unbranched alkanes of at least 4 members (excludes halogenated alkanes) is 2. The Labute approximate surface area is 206 Å². The van der Waals surface area contributed by atoms with Gasteiger partial charge in [0.05, 0.1) is 5.57 Å². The number of hydrazone groups is 1. The van der Waals surface area contributed by atoms with Crippen LogP contribution in [0.25, 0.3) is 11.8 Å². The second-order valence-electron chi connectivity index (χ2n) is 9.03. The summed E-state index contributed by atoms with van der Waals surface area (Å²) in [5.74, 6) is 0.251. The van der Waals surface area contributed by atoms with Crippen molar-refractivity contribution >= 4 is 39.8 Å². The molecule has 0 radical (unpaired) electrons. The molecule has 2 aliphatic heterocycles. The molecule has 178 valence electrons. The molecule has 1 N–H and O–H groups in total. The number of thioether (sulfide) groups is 1. The Balaban J connectivity index is 1.61. The molecule has 0 aliphatic carbocycles. The SMILES string of the molecule is CCCCCC1=NN2C(=N)/C(=C\c3cc(C)n(-c4ccc([C@H](C)CC)cc4)c3C)C(=O)N=C2S1. The number of aryl methyl sites for hydroxylation is 1. The zero-order valence-corrected chi connectivity index (χ0v) is 21.5. The van der Waals surface area contributed by atoms with E-state index < -0.39 is 0 Å². The fourth-order valence-corrected chi connectivity index (χ4v) is 5.26. The highest BCUT2D eigenvalue weighted by atomic mass is 32.2. The normalized spacial score (nSPS) is 17.8. The number of hydrogen-bond donors (Lipinski definition) is 1. The van der Waals surface area contributed by atoms with E-state index in [1.54, 1.807) is 6.08 Å². The molecule has 0 fully saturated rings. The zero-order chi connectivity index (χ0) is 24.4. The molecule has 3 heterocycles. The first kappa shape index (κ1) is 24.2. The first-order valence-corrected chi connectivity index (χ1v) is 12.9. The lowest BCUT2D eigenvalue weighted by Crippen LogP contribution is -2.35. The molecule has 1 aromatic heterocycles. The van der Waals surface area contributed by atoms with Gasteiger partial charge in [-0.2, -0.15) is 15.1 Å². The van der Waals surface area contributed by atoms with Gasteiger partial charge in [0.25, 0.3) is 5.91 Å². The molecule has 1 aromatic carbocycles. The summed E-state index contributed by atoms with van der Waals surface area (Å²) >= 11 is 1.41. The minimum Gasteiger partial charge on any atom is -0.318 e. The predicted octanol–water partition coefficient (Wildman–Crippen LogP) is 6.81. The van der Waals surface area contributed by atoms with E-state index in [9.17, 15) is 4.79 Å². The zero-order valence-electron chi connectivity index (χ0n) is 20.7. The highest BCUT2D eigenvalue weighted by molar-refractivity contribution is 8.26. The Bertz CT molecular complexity index is 1200. The smallest absolute Gasteiger partial charge is 0.283 e. The van der Waals surface area contributed by atoms with E-state index >= 15 is 0 Å².